The predicted molar refractivity (Wildman–Crippen MR) is 88.7 cm³/mol. The highest BCUT2D eigenvalue weighted by Crippen LogP contribution is 2.32. The number of nitriles is 1. The largest absolute Gasteiger partial charge is 0.393 e. The van der Waals surface area contributed by atoms with Gasteiger partial charge in [0.2, 0.25) is 0 Å². The van der Waals surface area contributed by atoms with Gasteiger partial charge in [-0.1, -0.05) is 23.1 Å². The third-order valence-electron chi connectivity index (χ3n) is 2.73. The van der Waals surface area contributed by atoms with E-state index in [0.717, 1.165) is 10.3 Å². The van der Waals surface area contributed by atoms with Crippen molar-refractivity contribution < 1.29 is 9.72 Å². The fourth-order valence-electron chi connectivity index (χ4n) is 1.68. The zero-order chi connectivity index (χ0) is 17.0. The van der Waals surface area contributed by atoms with Crippen molar-refractivity contribution in [3.8, 4) is 6.07 Å². The Hall–Kier alpha value is -2.64. The van der Waals surface area contributed by atoms with Crippen molar-refractivity contribution in [2.45, 2.75) is 11.1 Å². The molecule has 118 valence electrons. The van der Waals surface area contributed by atoms with Gasteiger partial charge in [-0.2, -0.15) is 5.26 Å². The van der Waals surface area contributed by atoms with Crippen LogP contribution in [-0.4, -0.2) is 21.6 Å². The lowest BCUT2D eigenvalue weighted by molar-refractivity contribution is -0.383. The number of hydrogen-bond acceptors (Lipinski definition) is 8. The molecular weight excluding hydrogens is 338 g/mol. The van der Waals surface area contributed by atoms with Gasteiger partial charge in [0.15, 0.2) is 5.13 Å². The van der Waals surface area contributed by atoms with Gasteiger partial charge in [0.1, 0.15) is 5.69 Å². The Morgan fingerprint density at radius 2 is 2.35 bits per heavy atom. The standard InChI is InChI=1S/C13H11N5O3S2/c1-7-12(22-5-4-14)23-13(16-7)17-11(19)8-2-3-9(15)10(6-8)18(20)21/h2-3,6H,5,15H2,1H3,(H,16,17,19). The molecule has 2 rings (SSSR count). The number of thioether (sulfide) groups is 1. The minimum absolute atomic E-state index is 0.00756. The van der Waals surface area contributed by atoms with Gasteiger partial charge < -0.3 is 5.73 Å². The predicted octanol–water partition coefficient (Wildman–Crippen LogP) is 2.81. The summed E-state index contributed by atoms with van der Waals surface area (Å²) in [5.41, 5.74) is 6.00. The molecule has 3 N–H and O–H groups in total. The molecule has 1 aromatic heterocycles. The molecule has 0 aliphatic heterocycles. The summed E-state index contributed by atoms with van der Waals surface area (Å²) in [5.74, 6) is -0.223. The monoisotopic (exact) mass is 349 g/mol. The van der Waals surface area contributed by atoms with Gasteiger partial charge in [-0.15, -0.1) is 0 Å². The molecule has 8 nitrogen and oxygen atoms in total. The van der Waals surface area contributed by atoms with Crippen LogP contribution in [0, 0.1) is 28.4 Å². The van der Waals surface area contributed by atoms with E-state index in [4.69, 9.17) is 11.0 Å². The number of nitrogens with zero attached hydrogens (tertiary/aromatic N) is 3. The van der Waals surface area contributed by atoms with E-state index in [1.165, 1.54) is 35.2 Å². The van der Waals surface area contributed by atoms with Gasteiger partial charge in [-0.25, -0.2) is 4.98 Å². The summed E-state index contributed by atoms with van der Waals surface area (Å²) in [6.45, 7) is 1.78. The number of carbonyl (C=O) groups excluding carboxylic acids is 1. The minimum atomic E-state index is -0.643. The number of nitro groups is 1. The number of aromatic nitrogens is 1. The van der Waals surface area contributed by atoms with Gasteiger partial charge in [0, 0.05) is 11.6 Å². The van der Waals surface area contributed by atoms with Crippen molar-refractivity contribution in [2.75, 3.05) is 16.8 Å². The van der Waals surface area contributed by atoms with E-state index in [0.29, 0.717) is 16.6 Å². The normalized spacial score (nSPS) is 10.1. The van der Waals surface area contributed by atoms with Crippen LogP contribution in [0.15, 0.2) is 22.4 Å². The average Bonchev–Trinajstić information content (AvgIpc) is 2.84. The molecule has 0 spiro atoms. The van der Waals surface area contributed by atoms with E-state index in [9.17, 15) is 14.9 Å². The van der Waals surface area contributed by atoms with E-state index >= 15 is 0 Å². The van der Waals surface area contributed by atoms with Crippen LogP contribution in [0.2, 0.25) is 0 Å². The molecule has 0 aliphatic rings. The van der Waals surface area contributed by atoms with Crippen molar-refractivity contribution in [3.63, 3.8) is 0 Å². The van der Waals surface area contributed by atoms with Crippen molar-refractivity contribution in [3.05, 3.63) is 39.6 Å². The highest BCUT2D eigenvalue weighted by atomic mass is 32.2. The lowest BCUT2D eigenvalue weighted by Crippen LogP contribution is -2.12. The number of carbonyl (C=O) groups is 1. The second-order valence-corrected chi connectivity index (χ2v) is 6.57. The fourth-order valence-corrected chi connectivity index (χ4v) is 3.47. The van der Waals surface area contributed by atoms with Crippen LogP contribution in [-0.2, 0) is 0 Å². The quantitative estimate of drug-likeness (QED) is 0.366. The molecule has 0 radical (unpaired) electrons. The van der Waals surface area contributed by atoms with Crippen molar-refractivity contribution in [1.29, 1.82) is 5.26 Å². The van der Waals surface area contributed by atoms with Crippen LogP contribution < -0.4 is 11.1 Å². The zero-order valence-corrected chi connectivity index (χ0v) is 13.5. The molecule has 0 saturated heterocycles. The smallest absolute Gasteiger partial charge is 0.292 e. The molecular formula is C13H11N5O3S2. The Balaban J connectivity index is 2.18. The molecule has 23 heavy (non-hydrogen) atoms. The van der Waals surface area contributed by atoms with Gasteiger partial charge >= 0.3 is 0 Å². The summed E-state index contributed by atoms with van der Waals surface area (Å²) in [7, 11) is 0. The first kappa shape index (κ1) is 16.7. The van der Waals surface area contributed by atoms with E-state index in [2.05, 4.69) is 10.3 Å². The molecule has 1 amide bonds. The SMILES string of the molecule is Cc1nc(NC(=O)c2ccc(N)c([N+](=O)[O-])c2)sc1SCC#N. The number of nitrogen functional groups attached to an aromatic ring is 1. The minimum Gasteiger partial charge on any atom is -0.393 e. The lowest BCUT2D eigenvalue weighted by Gasteiger charge is -2.03. The molecule has 0 fully saturated rings. The Kier molecular flexibility index (Phi) is 5.15. The maximum atomic E-state index is 12.2. The maximum Gasteiger partial charge on any atom is 0.292 e. The van der Waals surface area contributed by atoms with Gasteiger partial charge in [-0.3, -0.25) is 20.2 Å². The number of anilines is 2. The highest BCUT2D eigenvalue weighted by molar-refractivity contribution is 8.01. The molecule has 0 bridgehead atoms. The van der Waals surface area contributed by atoms with E-state index < -0.39 is 10.8 Å². The highest BCUT2D eigenvalue weighted by Gasteiger charge is 2.17. The summed E-state index contributed by atoms with van der Waals surface area (Å²) in [4.78, 5) is 26.6. The number of hydrogen-bond donors (Lipinski definition) is 2. The van der Waals surface area contributed by atoms with Crippen molar-refractivity contribution in [2.24, 2.45) is 0 Å². The summed E-state index contributed by atoms with van der Waals surface area (Å²) in [6.07, 6.45) is 0. The Labute approximate surface area is 139 Å². The Morgan fingerprint density at radius 1 is 1.61 bits per heavy atom. The van der Waals surface area contributed by atoms with Gasteiger partial charge in [0.05, 0.1) is 26.6 Å². The third-order valence-corrected chi connectivity index (χ3v) is 5.03. The average molecular weight is 349 g/mol. The number of nitrogens with one attached hydrogen (secondary N) is 1. The number of benzene rings is 1. The molecule has 1 aromatic carbocycles. The van der Waals surface area contributed by atoms with Crippen LogP contribution in [0.3, 0.4) is 0 Å². The maximum absolute atomic E-state index is 12.2. The van der Waals surface area contributed by atoms with Crippen LogP contribution in [0.5, 0.6) is 0 Å². The zero-order valence-electron chi connectivity index (χ0n) is 11.9. The number of nitro benzene ring substituents is 1. The molecule has 0 atom stereocenters. The van der Waals surface area contributed by atoms with E-state index in [1.54, 1.807) is 6.92 Å². The topological polar surface area (TPSA) is 135 Å². The molecule has 0 saturated carbocycles. The first-order chi connectivity index (χ1) is 10.9. The molecule has 0 unspecified atom stereocenters. The summed E-state index contributed by atoms with van der Waals surface area (Å²) >= 11 is 2.58. The molecule has 2 aromatic rings. The fraction of sp³-hybridized carbons (Fsp3) is 0.154. The number of amides is 1. The first-order valence-electron chi connectivity index (χ1n) is 6.25. The summed E-state index contributed by atoms with van der Waals surface area (Å²) < 4.78 is 0.838. The van der Waals surface area contributed by atoms with Crippen LogP contribution in [0.25, 0.3) is 0 Å². The first-order valence-corrected chi connectivity index (χ1v) is 8.05. The lowest BCUT2D eigenvalue weighted by atomic mass is 10.1. The Morgan fingerprint density at radius 3 is 3.00 bits per heavy atom. The third kappa shape index (κ3) is 3.97. The number of rotatable bonds is 5. The molecule has 10 heteroatoms. The summed E-state index contributed by atoms with van der Waals surface area (Å²) in [6, 6.07) is 5.86. The second kappa shape index (κ2) is 7.08. The molecule has 0 aliphatic carbocycles. The van der Waals surface area contributed by atoms with Crippen LogP contribution in [0.4, 0.5) is 16.5 Å². The van der Waals surface area contributed by atoms with Crippen molar-refractivity contribution in [1.82, 2.24) is 4.98 Å². The second-order valence-electron chi connectivity index (χ2n) is 4.32. The van der Waals surface area contributed by atoms with Crippen LogP contribution >= 0.6 is 23.1 Å². The number of aryl methyl sites for hydroxylation is 1. The van der Waals surface area contributed by atoms with E-state index in [1.807, 2.05) is 6.07 Å². The van der Waals surface area contributed by atoms with E-state index in [-0.39, 0.29) is 16.9 Å². The number of nitrogens with two attached hydrogens (primary N) is 1. The van der Waals surface area contributed by atoms with Crippen molar-refractivity contribution >= 4 is 45.5 Å². The van der Waals surface area contributed by atoms with Gasteiger partial charge in [-0.05, 0) is 19.1 Å². The Bertz CT molecular complexity index is 812. The summed E-state index contributed by atoms with van der Waals surface area (Å²) in [5, 5.41) is 22.4. The molecule has 1 heterocycles. The number of thiazole rings is 1. The van der Waals surface area contributed by atoms with Gasteiger partial charge in [0.25, 0.3) is 11.6 Å². The van der Waals surface area contributed by atoms with Crippen LogP contribution in [0.1, 0.15) is 16.1 Å².